The Morgan fingerprint density at radius 3 is 1.54 bits per heavy atom. The molecule has 286 valence electrons. The van der Waals surface area contributed by atoms with E-state index >= 15 is 0 Å². The quantitative estimate of drug-likeness (QED) is 0.161. The molecule has 2 aromatic heterocycles. The van der Waals surface area contributed by atoms with Gasteiger partial charge in [-0.25, -0.2) is 0 Å². The number of fused-ring (bicyclic) bond motifs is 8. The van der Waals surface area contributed by atoms with Gasteiger partial charge in [0, 0.05) is 44.0 Å². The lowest BCUT2D eigenvalue weighted by molar-refractivity contribution is 0.669. The highest BCUT2D eigenvalue weighted by Gasteiger charge is 2.19. The molecule has 2 heterocycles. The Balaban J connectivity index is 0.915. The van der Waals surface area contributed by atoms with Crippen molar-refractivity contribution < 1.29 is 4.42 Å². The molecule has 0 radical (unpaired) electrons. The van der Waals surface area contributed by atoms with E-state index in [1.54, 1.807) is 0 Å². The van der Waals surface area contributed by atoms with E-state index in [0.717, 1.165) is 44.4 Å². The molecule has 0 aliphatic rings. The van der Waals surface area contributed by atoms with Crippen LogP contribution < -0.4 is 4.90 Å². The molecule has 61 heavy (non-hydrogen) atoms. The second-order valence-electron chi connectivity index (χ2n) is 15.7. The highest BCUT2D eigenvalue weighted by atomic mass is 16.3. The van der Waals surface area contributed by atoms with Crippen LogP contribution in [0.1, 0.15) is 0 Å². The van der Waals surface area contributed by atoms with E-state index in [1.165, 1.54) is 66.3 Å². The number of para-hydroxylation sites is 3. The van der Waals surface area contributed by atoms with Crippen LogP contribution in [0.2, 0.25) is 0 Å². The molecule has 0 unspecified atom stereocenters. The molecule has 0 aliphatic heterocycles. The lowest BCUT2D eigenvalue weighted by Crippen LogP contribution is -2.10. The average Bonchev–Trinajstić information content (AvgIpc) is 3.89. The van der Waals surface area contributed by atoms with Crippen molar-refractivity contribution in [1.29, 1.82) is 0 Å². The van der Waals surface area contributed by atoms with Crippen LogP contribution in [0.25, 0.3) is 93.6 Å². The molecule has 0 fully saturated rings. The van der Waals surface area contributed by atoms with Gasteiger partial charge < -0.3 is 13.9 Å². The number of rotatable bonds is 7. The van der Waals surface area contributed by atoms with Crippen molar-refractivity contribution in [3.05, 3.63) is 231 Å². The minimum atomic E-state index is 0.899. The first-order valence-corrected chi connectivity index (χ1v) is 20.8. The molecule has 12 rings (SSSR count). The third-order valence-corrected chi connectivity index (χ3v) is 12.2. The summed E-state index contributed by atoms with van der Waals surface area (Å²) in [5.41, 5.74) is 15.8. The number of nitrogens with zero attached hydrogens (tertiary/aromatic N) is 2. The fraction of sp³-hybridized carbons (Fsp3) is 0. The highest BCUT2D eigenvalue weighted by molar-refractivity contribution is 6.21. The monoisotopic (exact) mass is 778 g/mol. The van der Waals surface area contributed by atoms with Crippen LogP contribution in [0.4, 0.5) is 17.1 Å². The lowest BCUT2D eigenvalue weighted by atomic mass is 9.98. The van der Waals surface area contributed by atoms with E-state index in [1.807, 2.05) is 12.1 Å². The molecule has 0 atom stereocenters. The maximum absolute atomic E-state index is 6.31. The lowest BCUT2D eigenvalue weighted by Gasteiger charge is -2.27. The zero-order valence-electron chi connectivity index (χ0n) is 33.2. The van der Waals surface area contributed by atoms with Crippen LogP contribution in [0, 0.1) is 0 Å². The summed E-state index contributed by atoms with van der Waals surface area (Å²) in [4.78, 5) is 2.38. The van der Waals surface area contributed by atoms with Crippen LogP contribution >= 0.6 is 0 Å². The third kappa shape index (κ3) is 5.90. The standard InChI is InChI=1S/C58H38N2O/c1-3-12-39(13-4-1)41-26-31-46(32-27-41)59(53-20-11-18-50-49(53)35-37-57-58(50)51-17-8-10-21-56(51)61-57)47-33-28-42(29-34-47)40-22-24-43(25-23-40)44-30-36-55-52(38-44)48-16-7-9-19-54(48)60(55)45-14-5-2-6-15-45/h1-38H. The van der Waals surface area contributed by atoms with Crippen LogP contribution in [0.5, 0.6) is 0 Å². The third-order valence-electron chi connectivity index (χ3n) is 12.2. The van der Waals surface area contributed by atoms with Crippen LogP contribution in [-0.4, -0.2) is 4.57 Å². The second kappa shape index (κ2) is 14.3. The Kier molecular flexibility index (Phi) is 8.17. The van der Waals surface area contributed by atoms with Gasteiger partial charge in [-0.2, -0.15) is 0 Å². The summed E-state index contributed by atoms with van der Waals surface area (Å²) in [5, 5.41) is 7.12. The van der Waals surface area contributed by atoms with E-state index in [4.69, 9.17) is 4.42 Å². The summed E-state index contributed by atoms with van der Waals surface area (Å²) in [7, 11) is 0. The molecule has 0 N–H and O–H groups in total. The van der Waals surface area contributed by atoms with Crippen molar-refractivity contribution >= 4 is 71.6 Å². The smallest absolute Gasteiger partial charge is 0.136 e. The summed E-state index contributed by atoms with van der Waals surface area (Å²) in [6.45, 7) is 0. The Morgan fingerprint density at radius 2 is 0.836 bits per heavy atom. The summed E-state index contributed by atoms with van der Waals surface area (Å²) in [6.07, 6.45) is 0. The molecular weight excluding hydrogens is 741 g/mol. The zero-order valence-corrected chi connectivity index (χ0v) is 33.2. The normalized spacial score (nSPS) is 11.6. The van der Waals surface area contributed by atoms with Gasteiger partial charge in [0.15, 0.2) is 0 Å². The number of hydrogen-bond acceptors (Lipinski definition) is 2. The molecule has 0 bridgehead atoms. The van der Waals surface area contributed by atoms with Crippen molar-refractivity contribution in [2.24, 2.45) is 0 Å². The zero-order chi connectivity index (χ0) is 40.3. The molecule has 0 saturated heterocycles. The largest absolute Gasteiger partial charge is 0.456 e. The van der Waals surface area contributed by atoms with Crippen molar-refractivity contribution in [2.75, 3.05) is 4.90 Å². The molecular formula is C58H38N2O. The second-order valence-corrected chi connectivity index (χ2v) is 15.7. The number of aromatic nitrogens is 1. The minimum Gasteiger partial charge on any atom is -0.456 e. The van der Waals surface area contributed by atoms with E-state index in [9.17, 15) is 0 Å². The maximum Gasteiger partial charge on any atom is 0.136 e. The van der Waals surface area contributed by atoms with Crippen LogP contribution in [0.15, 0.2) is 235 Å². The van der Waals surface area contributed by atoms with Crippen LogP contribution in [-0.2, 0) is 0 Å². The summed E-state index contributed by atoms with van der Waals surface area (Å²) >= 11 is 0. The summed E-state index contributed by atoms with van der Waals surface area (Å²) in [5.74, 6) is 0. The van der Waals surface area contributed by atoms with E-state index < -0.39 is 0 Å². The SMILES string of the molecule is c1ccc(-c2ccc(N(c3ccc(-c4ccc(-c5ccc6c(c5)c5ccccc5n6-c5ccccc5)cc4)cc3)c3cccc4c3ccc3oc5ccccc5c34)cc2)cc1. The van der Waals surface area contributed by atoms with Crippen molar-refractivity contribution in [2.45, 2.75) is 0 Å². The van der Waals surface area contributed by atoms with Gasteiger partial charge in [0.2, 0.25) is 0 Å². The van der Waals surface area contributed by atoms with E-state index in [-0.39, 0.29) is 0 Å². The molecule has 10 aromatic carbocycles. The predicted molar refractivity (Wildman–Crippen MR) is 257 cm³/mol. The number of furan rings is 1. The molecule has 0 saturated carbocycles. The molecule has 3 heteroatoms. The molecule has 0 aliphatic carbocycles. The predicted octanol–water partition coefficient (Wildman–Crippen LogP) is 16.3. The van der Waals surface area contributed by atoms with E-state index in [2.05, 4.69) is 228 Å². The van der Waals surface area contributed by atoms with Gasteiger partial charge in [-0.3, -0.25) is 0 Å². The first-order chi connectivity index (χ1) is 30.2. The highest BCUT2D eigenvalue weighted by Crippen LogP contribution is 2.44. The molecule has 3 nitrogen and oxygen atoms in total. The topological polar surface area (TPSA) is 21.3 Å². The number of benzene rings is 10. The van der Waals surface area contributed by atoms with Gasteiger partial charge in [0.25, 0.3) is 0 Å². The molecule has 0 amide bonds. The van der Waals surface area contributed by atoms with Gasteiger partial charge in [-0.05, 0) is 118 Å². The molecule has 12 aromatic rings. The van der Waals surface area contributed by atoms with Gasteiger partial charge in [0.05, 0.1) is 16.7 Å². The maximum atomic E-state index is 6.31. The Labute approximate surface area is 353 Å². The van der Waals surface area contributed by atoms with Crippen molar-refractivity contribution in [1.82, 2.24) is 4.57 Å². The van der Waals surface area contributed by atoms with Crippen molar-refractivity contribution in [3.8, 4) is 39.1 Å². The number of anilines is 3. The molecule has 0 spiro atoms. The average molecular weight is 779 g/mol. The Bertz CT molecular complexity index is 3550. The first-order valence-electron chi connectivity index (χ1n) is 20.8. The Morgan fingerprint density at radius 1 is 0.311 bits per heavy atom. The van der Waals surface area contributed by atoms with E-state index in [0.29, 0.717) is 0 Å². The van der Waals surface area contributed by atoms with Crippen molar-refractivity contribution in [3.63, 3.8) is 0 Å². The minimum absolute atomic E-state index is 0.899. The van der Waals surface area contributed by atoms with Gasteiger partial charge >= 0.3 is 0 Å². The fourth-order valence-electron chi connectivity index (χ4n) is 9.29. The Hall–Kier alpha value is -8.14. The fourth-order valence-corrected chi connectivity index (χ4v) is 9.29. The summed E-state index contributed by atoms with van der Waals surface area (Å²) in [6, 6.07) is 82.9. The van der Waals surface area contributed by atoms with Gasteiger partial charge in [0.1, 0.15) is 11.2 Å². The number of hydrogen-bond donors (Lipinski definition) is 0. The van der Waals surface area contributed by atoms with Crippen LogP contribution in [0.3, 0.4) is 0 Å². The first kappa shape index (κ1) is 34.9. The van der Waals surface area contributed by atoms with Gasteiger partial charge in [-0.15, -0.1) is 0 Å². The van der Waals surface area contributed by atoms with Gasteiger partial charge in [-0.1, -0.05) is 152 Å². The summed E-state index contributed by atoms with van der Waals surface area (Å²) < 4.78 is 8.67.